The fourth-order valence-electron chi connectivity index (χ4n) is 1.71. The molecular formula is C11H18N4O4. The molecule has 0 aromatic carbocycles. The van der Waals surface area contributed by atoms with Gasteiger partial charge in [0, 0.05) is 13.6 Å². The number of aryl methyl sites for hydroxylation is 2. The molecule has 0 saturated heterocycles. The molecule has 8 nitrogen and oxygen atoms in total. The van der Waals surface area contributed by atoms with Crippen molar-refractivity contribution in [2.75, 3.05) is 18.5 Å². The molecule has 0 aliphatic carbocycles. The van der Waals surface area contributed by atoms with E-state index in [-0.39, 0.29) is 24.6 Å². The predicted molar refractivity (Wildman–Crippen MR) is 69.0 cm³/mol. The van der Waals surface area contributed by atoms with Crippen molar-refractivity contribution in [2.24, 2.45) is 7.05 Å². The lowest BCUT2D eigenvalue weighted by atomic mass is 10.3. The number of hydrogen-bond donors (Lipinski definition) is 1. The smallest absolute Gasteiger partial charge is 0.333 e. The van der Waals surface area contributed by atoms with E-state index in [4.69, 9.17) is 4.74 Å². The third-order valence-corrected chi connectivity index (χ3v) is 2.54. The molecule has 1 aromatic rings. The SMILES string of the molecule is CCOC(=O)CCNc1c([N+](=O)[O-])c(CC)nn1C. The number of aromatic nitrogens is 2. The number of nitrogens with zero attached hydrogens (tertiary/aromatic N) is 3. The summed E-state index contributed by atoms with van der Waals surface area (Å²) in [5.74, 6) is -0.0262. The Hall–Kier alpha value is -2.12. The van der Waals surface area contributed by atoms with Gasteiger partial charge >= 0.3 is 11.7 Å². The van der Waals surface area contributed by atoms with Gasteiger partial charge in [-0.2, -0.15) is 5.10 Å². The van der Waals surface area contributed by atoms with E-state index in [1.165, 1.54) is 4.68 Å². The average Bonchev–Trinajstić information content (AvgIpc) is 2.66. The van der Waals surface area contributed by atoms with Crippen molar-refractivity contribution in [3.05, 3.63) is 15.8 Å². The average molecular weight is 270 g/mol. The van der Waals surface area contributed by atoms with Crippen LogP contribution in [0.3, 0.4) is 0 Å². The predicted octanol–water partition coefficient (Wildman–Crippen LogP) is 1.26. The Morgan fingerprint density at radius 1 is 1.53 bits per heavy atom. The van der Waals surface area contributed by atoms with Crippen LogP contribution in [0.1, 0.15) is 26.0 Å². The third kappa shape index (κ3) is 3.67. The van der Waals surface area contributed by atoms with Gasteiger partial charge in [-0.05, 0) is 13.3 Å². The van der Waals surface area contributed by atoms with Crippen molar-refractivity contribution in [1.29, 1.82) is 0 Å². The van der Waals surface area contributed by atoms with Crippen molar-refractivity contribution in [3.63, 3.8) is 0 Å². The molecule has 1 heterocycles. The largest absolute Gasteiger partial charge is 0.466 e. The Morgan fingerprint density at radius 3 is 2.74 bits per heavy atom. The van der Waals surface area contributed by atoms with Crippen molar-refractivity contribution in [3.8, 4) is 0 Å². The van der Waals surface area contributed by atoms with E-state index in [9.17, 15) is 14.9 Å². The van der Waals surface area contributed by atoms with Crippen LogP contribution < -0.4 is 5.32 Å². The lowest BCUT2D eigenvalue weighted by molar-refractivity contribution is -0.384. The van der Waals surface area contributed by atoms with E-state index in [1.54, 1.807) is 20.9 Å². The molecule has 19 heavy (non-hydrogen) atoms. The summed E-state index contributed by atoms with van der Waals surface area (Å²) in [5, 5.41) is 18.0. The van der Waals surface area contributed by atoms with E-state index < -0.39 is 4.92 Å². The van der Waals surface area contributed by atoms with Crippen molar-refractivity contribution in [1.82, 2.24) is 9.78 Å². The molecule has 1 aromatic heterocycles. The first kappa shape index (κ1) is 14.9. The minimum atomic E-state index is -0.460. The van der Waals surface area contributed by atoms with Gasteiger partial charge in [-0.15, -0.1) is 0 Å². The Labute approximate surface area is 110 Å². The van der Waals surface area contributed by atoms with Crippen LogP contribution in [-0.4, -0.2) is 33.8 Å². The molecule has 0 atom stereocenters. The number of nitrogens with one attached hydrogen (secondary N) is 1. The molecule has 1 N–H and O–H groups in total. The second-order valence-corrected chi connectivity index (χ2v) is 3.86. The lowest BCUT2D eigenvalue weighted by Gasteiger charge is -2.05. The minimum absolute atomic E-state index is 0.0335. The van der Waals surface area contributed by atoms with Gasteiger partial charge in [-0.25, -0.2) is 4.68 Å². The summed E-state index contributed by atoms with van der Waals surface area (Å²) in [4.78, 5) is 21.8. The van der Waals surface area contributed by atoms with E-state index >= 15 is 0 Å². The van der Waals surface area contributed by atoms with E-state index in [1.807, 2.05) is 0 Å². The quantitative estimate of drug-likeness (QED) is 0.455. The molecule has 0 spiro atoms. The molecule has 0 amide bonds. The zero-order valence-corrected chi connectivity index (χ0v) is 11.3. The summed E-state index contributed by atoms with van der Waals surface area (Å²) >= 11 is 0. The number of esters is 1. The van der Waals surface area contributed by atoms with E-state index in [2.05, 4.69) is 10.4 Å². The van der Waals surface area contributed by atoms with Gasteiger partial charge in [0.05, 0.1) is 18.0 Å². The molecule has 8 heteroatoms. The Balaban J connectivity index is 2.75. The maximum Gasteiger partial charge on any atom is 0.333 e. The maximum absolute atomic E-state index is 11.2. The van der Waals surface area contributed by atoms with Crippen LogP contribution in [0, 0.1) is 10.1 Å². The zero-order valence-electron chi connectivity index (χ0n) is 11.3. The number of ether oxygens (including phenoxy) is 1. The first-order valence-electron chi connectivity index (χ1n) is 6.10. The summed E-state index contributed by atoms with van der Waals surface area (Å²) < 4.78 is 6.20. The number of carbonyl (C=O) groups is 1. The van der Waals surface area contributed by atoms with Gasteiger partial charge in [0.15, 0.2) is 0 Å². The number of carbonyl (C=O) groups excluding carboxylic acids is 1. The number of anilines is 1. The normalized spacial score (nSPS) is 10.3. The summed E-state index contributed by atoms with van der Waals surface area (Å²) in [5.41, 5.74) is 0.389. The Kier molecular flexibility index (Phi) is 5.28. The molecule has 0 aliphatic heterocycles. The molecule has 1 rings (SSSR count). The molecule has 0 saturated carbocycles. The first-order valence-corrected chi connectivity index (χ1v) is 6.10. The Morgan fingerprint density at radius 2 is 2.21 bits per heavy atom. The Bertz CT molecular complexity index is 470. The monoisotopic (exact) mass is 270 g/mol. The van der Waals surface area contributed by atoms with Gasteiger partial charge in [-0.3, -0.25) is 14.9 Å². The highest BCUT2D eigenvalue weighted by atomic mass is 16.6. The van der Waals surface area contributed by atoms with Gasteiger partial charge in [-0.1, -0.05) is 6.92 Å². The van der Waals surface area contributed by atoms with Crippen molar-refractivity contribution in [2.45, 2.75) is 26.7 Å². The molecule has 0 aliphatic rings. The molecule has 106 valence electrons. The molecule has 0 radical (unpaired) electrons. The van der Waals surface area contributed by atoms with Gasteiger partial charge in [0.25, 0.3) is 0 Å². The maximum atomic E-state index is 11.2. The lowest BCUT2D eigenvalue weighted by Crippen LogP contribution is -2.13. The zero-order chi connectivity index (χ0) is 14.4. The van der Waals surface area contributed by atoms with Crippen LogP contribution in [-0.2, 0) is 23.0 Å². The highest BCUT2D eigenvalue weighted by Crippen LogP contribution is 2.28. The summed E-state index contributed by atoms with van der Waals surface area (Å²) in [6, 6.07) is 0. The number of rotatable bonds is 7. The van der Waals surface area contributed by atoms with Crippen LogP contribution in [0.15, 0.2) is 0 Å². The summed E-state index contributed by atoms with van der Waals surface area (Å²) in [7, 11) is 1.62. The fraction of sp³-hybridized carbons (Fsp3) is 0.636. The van der Waals surface area contributed by atoms with Crippen molar-refractivity contribution < 1.29 is 14.5 Å². The van der Waals surface area contributed by atoms with Crippen LogP contribution >= 0.6 is 0 Å². The topological polar surface area (TPSA) is 99.3 Å². The second-order valence-electron chi connectivity index (χ2n) is 3.86. The van der Waals surface area contributed by atoms with Gasteiger partial charge < -0.3 is 10.1 Å². The number of hydrogen-bond acceptors (Lipinski definition) is 6. The first-order chi connectivity index (χ1) is 9.01. The molecule has 0 bridgehead atoms. The van der Waals surface area contributed by atoms with Crippen LogP contribution in [0.5, 0.6) is 0 Å². The second kappa shape index (κ2) is 6.72. The standard InChI is InChI=1S/C11H18N4O4/c1-4-8-10(15(17)18)11(14(3)13-8)12-7-6-9(16)19-5-2/h12H,4-7H2,1-3H3. The highest BCUT2D eigenvalue weighted by Gasteiger charge is 2.25. The van der Waals surface area contributed by atoms with Gasteiger partial charge in [0.1, 0.15) is 5.69 Å². The van der Waals surface area contributed by atoms with E-state index in [0.29, 0.717) is 24.5 Å². The molecule has 0 fully saturated rings. The van der Waals surface area contributed by atoms with Crippen LogP contribution in [0.4, 0.5) is 11.5 Å². The van der Waals surface area contributed by atoms with Gasteiger partial charge in [0.2, 0.25) is 5.82 Å². The van der Waals surface area contributed by atoms with Crippen LogP contribution in [0.25, 0.3) is 0 Å². The molecule has 0 unspecified atom stereocenters. The summed E-state index contributed by atoms with van der Waals surface area (Å²) in [6.45, 7) is 4.12. The van der Waals surface area contributed by atoms with Crippen molar-refractivity contribution >= 4 is 17.5 Å². The number of nitro groups is 1. The van der Waals surface area contributed by atoms with Crippen LogP contribution in [0.2, 0.25) is 0 Å². The highest BCUT2D eigenvalue weighted by molar-refractivity contribution is 5.70. The summed E-state index contributed by atoms with van der Waals surface area (Å²) in [6.07, 6.45) is 0.626. The fourth-order valence-corrected chi connectivity index (χ4v) is 1.71. The third-order valence-electron chi connectivity index (χ3n) is 2.54. The molecular weight excluding hydrogens is 252 g/mol. The van der Waals surface area contributed by atoms with E-state index in [0.717, 1.165) is 0 Å². The minimum Gasteiger partial charge on any atom is -0.466 e.